The summed E-state index contributed by atoms with van der Waals surface area (Å²) in [5, 5.41) is 2.59. The largest absolute Gasteiger partial charge is 0.444 e. The summed E-state index contributed by atoms with van der Waals surface area (Å²) >= 11 is 1.52. The molecule has 2 rings (SSSR count). The van der Waals surface area contributed by atoms with Crippen molar-refractivity contribution < 1.29 is 13.9 Å². The van der Waals surface area contributed by atoms with Crippen molar-refractivity contribution in [3.63, 3.8) is 0 Å². The van der Waals surface area contributed by atoms with Gasteiger partial charge in [0, 0.05) is 13.0 Å². The second-order valence-corrected chi connectivity index (χ2v) is 7.08. The number of allylic oxidation sites excluding steroid dienone is 3. The molecule has 4 nitrogen and oxygen atoms in total. The first-order valence-corrected chi connectivity index (χ1v) is 8.05. The maximum absolute atomic E-state index is 14.3. The second kappa shape index (κ2) is 6.60. The van der Waals surface area contributed by atoms with E-state index >= 15 is 0 Å². The smallest absolute Gasteiger partial charge is 0.407 e. The van der Waals surface area contributed by atoms with Crippen molar-refractivity contribution in [1.82, 2.24) is 10.3 Å². The lowest BCUT2D eigenvalue weighted by Gasteiger charge is -2.22. The Morgan fingerprint density at radius 2 is 2.23 bits per heavy atom. The van der Waals surface area contributed by atoms with E-state index in [4.69, 9.17) is 4.74 Å². The van der Waals surface area contributed by atoms with Gasteiger partial charge < -0.3 is 10.1 Å². The Kier molecular flexibility index (Phi) is 5.01. The van der Waals surface area contributed by atoms with Gasteiger partial charge in [0.25, 0.3) is 0 Å². The van der Waals surface area contributed by atoms with Crippen LogP contribution < -0.4 is 5.32 Å². The van der Waals surface area contributed by atoms with Crippen LogP contribution in [0.4, 0.5) is 9.18 Å². The van der Waals surface area contributed by atoms with Crippen molar-refractivity contribution in [1.29, 1.82) is 0 Å². The first kappa shape index (κ1) is 16.7. The van der Waals surface area contributed by atoms with E-state index in [9.17, 15) is 9.18 Å². The van der Waals surface area contributed by atoms with Gasteiger partial charge in [-0.2, -0.15) is 0 Å². The van der Waals surface area contributed by atoms with E-state index in [0.29, 0.717) is 12.0 Å². The molecular formula is C16H21FN2O2S. The molecule has 1 N–H and O–H groups in total. The van der Waals surface area contributed by atoms with Gasteiger partial charge in [-0.05, 0) is 38.8 Å². The minimum atomic E-state index is -1.10. The zero-order valence-corrected chi connectivity index (χ0v) is 14.1. The Morgan fingerprint density at radius 3 is 2.77 bits per heavy atom. The van der Waals surface area contributed by atoms with Gasteiger partial charge in [0.1, 0.15) is 11.8 Å². The molecule has 1 heterocycles. The Morgan fingerprint density at radius 1 is 1.50 bits per heavy atom. The quantitative estimate of drug-likeness (QED) is 0.913. The summed E-state index contributed by atoms with van der Waals surface area (Å²) in [6, 6.07) is 0. The van der Waals surface area contributed by atoms with E-state index in [2.05, 4.69) is 10.3 Å². The number of aryl methyl sites for hydroxylation is 1. The summed E-state index contributed by atoms with van der Waals surface area (Å²) in [5.41, 5.74) is 3.64. The first-order chi connectivity index (χ1) is 10.3. The summed E-state index contributed by atoms with van der Waals surface area (Å²) in [4.78, 5) is 16.8. The van der Waals surface area contributed by atoms with Crippen LogP contribution in [0.5, 0.6) is 0 Å². The number of nitrogens with one attached hydrogen (secondary N) is 1. The summed E-state index contributed by atoms with van der Waals surface area (Å²) in [5.74, 6) is 0. The fraction of sp³-hybridized carbons (Fsp3) is 0.500. The fourth-order valence-corrected chi connectivity index (χ4v) is 2.98. The van der Waals surface area contributed by atoms with Crippen molar-refractivity contribution in [2.24, 2.45) is 0 Å². The number of carbonyl (C=O) groups is 1. The normalized spacial score (nSPS) is 18.5. The first-order valence-electron chi connectivity index (χ1n) is 7.17. The van der Waals surface area contributed by atoms with Crippen molar-refractivity contribution in [3.8, 4) is 0 Å². The number of amides is 1. The molecule has 1 aromatic rings. The minimum Gasteiger partial charge on any atom is -0.444 e. The summed E-state index contributed by atoms with van der Waals surface area (Å²) in [6.45, 7) is 7.44. The average Bonchev–Trinajstić information content (AvgIpc) is 2.81. The van der Waals surface area contributed by atoms with Gasteiger partial charge in [-0.25, -0.2) is 14.2 Å². The molecule has 1 amide bonds. The molecule has 0 radical (unpaired) electrons. The van der Waals surface area contributed by atoms with Crippen LogP contribution in [0.15, 0.2) is 23.2 Å². The van der Waals surface area contributed by atoms with E-state index in [0.717, 1.165) is 16.1 Å². The third kappa shape index (κ3) is 4.40. The molecule has 0 aliphatic heterocycles. The fourth-order valence-electron chi connectivity index (χ4n) is 2.14. The number of nitrogens with zero attached hydrogens (tertiary/aromatic N) is 1. The monoisotopic (exact) mass is 324 g/mol. The SMILES string of the molecule is Cc1ncsc1C1=CC=C(CNC(=O)OC(C)(C)C)C(F)C1. The molecule has 0 saturated carbocycles. The molecule has 1 aromatic heterocycles. The molecule has 1 atom stereocenters. The average molecular weight is 324 g/mol. The van der Waals surface area contributed by atoms with Crippen LogP contribution in [0.3, 0.4) is 0 Å². The van der Waals surface area contributed by atoms with Gasteiger partial charge in [-0.3, -0.25) is 0 Å². The van der Waals surface area contributed by atoms with Crippen LogP contribution in [0.2, 0.25) is 0 Å². The Labute approximate surface area is 134 Å². The maximum atomic E-state index is 14.3. The number of rotatable bonds is 3. The van der Waals surface area contributed by atoms with E-state index in [1.165, 1.54) is 11.3 Å². The molecule has 0 spiro atoms. The lowest BCUT2D eigenvalue weighted by molar-refractivity contribution is 0.0531. The summed E-state index contributed by atoms with van der Waals surface area (Å²) in [7, 11) is 0. The number of halogens is 1. The van der Waals surface area contributed by atoms with Crippen LogP contribution in [0.25, 0.3) is 5.57 Å². The molecule has 0 fully saturated rings. The summed E-state index contributed by atoms with van der Waals surface area (Å²) < 4.78 is 19.4. The molecule has 1 aliphatic carbocycles. The minimum absolute atomic E-state index is 0.154. The van der Waals surface area contributed by atoms with Crippen LogP contribution in [0, 0.1) is 6.92 Å². The van der Waals surface area contributed by atoms with Gasteiger partial charge in [0.2, 0.25) is 0 Å². The predicted octanol–water partition coefficient (Wildman–Crippen LogP) is 4.03. The topological polar surface area (TPSA) is 51.2 Å². The van der Waals surface area contributed by atoms with E-state index in [-0.39, 0.29) is 6.54 Å². The third-order valence-electron chi connectivity index (χ3n) is 3.17. The van der Waals surface area contributed by atoms with Crippen LogP contribution in [-0.4, -0.2) is 29.4 Å². The maximum Gasteiger partial charge on any atom is 0.407 e. The van der Waals surface area contributed by atoms with E-state index < -0.39 is 17.9 Å². The number of thiazole rings is 1. The number of alkyl carbamates (subject to hydrolysis) is 1. The third-order valence-corrected chi connectivity index (χ3v) is 4.18. The van der Waals surface area contributed by atoms with E-state index in [1.54, 1.807) is 32.4 Å². The Balaban J connectivity index is 1.98. The van der Waals surface area contributed by atoms with Crippen molar-refractivity contribution in [2.45, 2.75) is 45.9 Å². The molecule has 1 aliphatic rings. The molecule has 0 saturated heterocycles. The zero-order valence-electron chi connectivity index (χ0n) is 13.3. The van der Waals surface area contributed by atoms with Gasteiger partial charge in [-0.1, -0.05) is 12.2 Å². The van der Waals surface area contributed by atoms with Gasteiger partial charge in [0.05, 0.1) is 16.1 Å². The van der Waals surface area contributed by atoms with Gasteiger partial charge in [-0.15, -0.1) is 11.3 Å². The number of carbonyl (C=O) groups excluding carboxylic acids is 1. The number of hydrogen-bond acceptors (Lipinski definition) is 4. The second-order valence-electron chi connectivity index (χ2n) is 6.23. The number of alkyl halides is 1. The lowest BCUT2D eigenvalue weighted by atomic mass is 9.95. The van der Waals surface area contributed by atoms with E-state index in [1.807, 2.05) is 13.0 Å². The molecule has 1 unspecified atom stereocenters. The number of ether oxygens (including phenoxy) is 1. The van der Waals surface area contributed by atoms with Crippen molar-refractivity contribution >= 4 is 23.0 Å². The molecule has 120 valence electrons. The highest BCUT2D eigenvalue weighted by atomic mass is 32.1. The Hall–Kier alpha value is -1.69. The standard InChI is InChI=1S/C16H21FN2O2S/c1-10-14(22-9-19-10)11-5-6-12(13(17)7-11)8-18-15(20)21-16(2,3)4/h5-6,9,13H,7-8H2,1-4H3,(H,18,20). The molecule has 6 heteroatoms. The lowest BCUT2D eigenvalue weighted by Crippen LogP contribution is -2.34. The highest BCUT2D eigenvalue weighted by molar-refractivity contribution is 7.10. The van der Waals surface area contributed by atoms with Crippen molar-refractivity contribution in [2.75, 3.05) is 6.54 Å². The van der Waals surface area contributed by atoms with Gasteiger partial charge in [0.15, 0.2) is 0 Å². The van der Waals surface area contributed by atoms with Crippen LogP contribution >= 0.6 is 11.3 Å². The zero-order chi connectivity index (χ0) is 16.3. The number of aromatic nitrogens is 1. The molecule has 0 bridgehead atoms. The van der Waals surface area contributed by atoms with Crippen LogP contribution in [-0.2, 0) is 4.74 Å². The molecule has 0 aromatic carbocycles. The summed E-state index contributed by atoms with van der Waals surface area (Å²) in [6.07, 6.45) is 2.32. The number of hydrogen-bond donors (Lipinski definition) is 1. The Bertz CT molecular complexity index is 614. The molecular weight excluding hydrogens is 303 g/mol. The predicted molar refractivity (Wildman–Crippen MR) is 86.7 cm³/mol. The van der Waals surface area contributed by atoms with Gasteiger partial charge >= 0.3 is 6.09 Å². The molecule has 22 heavy (non-hydrogen) atoms. The van der Waals surface area contributed by atoms with Crippen molar-refractivity contribution in [3.05, 3.63) is 33.8 Å². The highest BCUT2D eigenvalue weighted by Gasteiger charge is 2.22. The highest BCUT2D eigenvalue weighted by Crippen LogP contribution is 2.32. The van der Waals surface area contributed by atoms with Crippen LogP contribution in [0.1, 0.15) is 37.8 Å².